The van der Waals surface area contributed by atoms with Crippen LogP contribution in [0.15, 0.2) is 54.6 Å². The second-order valence-corrected chi connectivity index (χ2v) is 6.33. The molecule has 0 amide bonds. The lowest BCUT2D eigenvalue weighted by atomic mass is 9.92. The van der Waals surface area contributed by atoms with Gasteiger partial charge in [-0.1, -0.05) is 42.5 Å². The van der Waals surface area contributed by atoms with Crippen molar-refractivity contribution in [3.63, 3.8) is 0 Å². The van der Waals surface area contributed by atoms with Crippen molar-refractivity contribution in [2.45, 2.75) is 24.5 Å². The van der Waals surface area contributed by atoms with E-state index in [1.807, 2.05) is 30.3 Å². The van der Waals surface area contributed by atoms with Gasteiger partial charge in [0.05, 0.1) is 18.8 Å². The van der Waals surface area contributed by atoms with Crippen molar-refractivity contribution in [2.75, 3.05) is 26.9 Å². The van der Waals surface area contributed by atoms with Gasteiger partial charge in [-0.15, -0.1) is 0 Å². The van der Waals surface area contributed by atoms with Crippen molar-refractivity contribution in [3.8, 4) is 5.75 Å². The average Bonchev–Trinajstić information content (AvgIpc) is 2.64. The highest BCUT2D eigenvalue weighted by molar-refractivity contribution is 5.35. The Balaban J connectivity index is 1.79. The van der Waals surface area contributed by atoms with Crippen LogP contribution in [0.3, 0.4) is 0 Å². The molecule has 3 rings (SSSR count). The molecule has 1 unspecified atom stereocenters. The van der Waals surface area contributed by atoms with Gasteiger partial charge in [-0.2, -0.15) is 0 Å². The van der Waals surface area contributed by atoms with Crippen LogP contribution in [0.2, 0.25) is 0 Å². The SMILES string of the molecule is COc1ccc(C(NCC2(O)CCOCC2)c2ccccc2)cc1. The second-order valence-electron chi connectivity index (χ2n) is 6.33. The molecule has 4 nitrogen and oxygen atoms in total. The molecule has 0 spiro atoms. The molecule has 1 fully saturated rings. The van der Waals surface area contributed by atoms with E-state index in [0.29, 0.717) is 32.6 Å². The minimum absolute atomic E-state index is 0.0315. The maximum absolute atomic E-state index is 10.7. The topological polar surface area (TPSA) is 50.7 Å². The first-order valence-corrected chi connectivity index (χ1v) is 8.43. The largest absolute Gasteiger partial charge is 0.497 e. The molecule has 1 heterocycles. The summed E-state index contributed by atoms with van der Waals surface area (Å²) < 4.78 is 10.6. The van der Waals surface area contributed by atoms with Gasteiger partial charge in [0.2, 0.25) is 0 Å². The molecule has 0 aliphatic carbocycles. The third-order valence-electron chi connectivity index (χ3n) is 4.64. The summed E-state index contributed by atoms with van der Waals surface area (Å²) in [5.41, 5.74) is 1.63. The Morgan fingerprint density at radius 3 is 2.29 bits per heavy atom. The molecule has 0 bridgehead atoms. The van der Waals surface area contributed by atoms with E-state index in [-0.39, 0.29) is 6.04 Å². The van der Waals surface area contributed by atoms with E-state index < -0.39 is 5.60 Å². The van der Waals surface area contributed by atoms with Gasteiger partial charge in [0, 0.05) is 32.6 Å². The summed E-state index contributed by atoms with van der Waals surface area (Å²) >= 11 is 0. The number of ether oxygens (including phenoxy) is 2. The lowest BCUT2D eigenvalue weighted by Crippen LogP contribution is -2.46. The minimum atomic E-state index is -0.697. The second kappa shape index (κ2) is 7.79. The van der Waals surface area contributed by atoms with E-state index in [1.54, 1.807) is 7.11 Å². The molecule has 1 aliphatic rings. The summed E-state index contributed by atoms with van der Waals surface area (Å²) in [7, 11) is 1.67. The maximum atomic E-state index is 10.7. The van der Waals surface area contributed by atoms with Gasteiger partial charge < -0.3 is 19.9 Å². The molecule has 128 valence electrons. The quantitative estimate of drug-likeness (QED) is 0.856. The molecule has 2 N–H and O–H groups in total. The van der Waals surface area contributed by atoms with Crippen molar-refractivity contribution < 1.29 is 14.6 Å². The number of hydrogen-bond donors (Lipinski definition) is 2. The van der Waals surface area contributed by atoms with Gasteiger partial charge in [0.1, 0.15) is 5.75 Å². The monoisotopic (exact) mass is 327 g/mol. The first-order valence-electron chi connectivity index (χ1n) is 8.43. The minimum Gasteiger partial charge on any atom is -0.497 e. The van der Waals surface area contributed by atoms with Crippen LogP contribution in [0.1, 0.15) is 30.0 Å². The third kappa shape index (κ3) is 4.15. The van der Waals surface area contributed by atoms with Crippen LogP contribution >= 0.6 is 0 Å². The van der Waals surface area contributed by atoms with Crippen LogP contribution in [0, 0.1) is 0 Å². The zero-order valence-corrected chi connectivity index (χ0v) is 14.1. The van der Waals surface area contributed by atoms with Crippen LogP contribution in [0.5, 0.6) is 5.75 Å². The number of aliphatic hydroxyl groups is 1. The summed E-state index contributed by atoms with van der Waals surface area (Å²) in [6.45, 7) is 1.79. The zero-order chi connectivity index (χ0) is 16.8. The predicted octanol–water partition coefficient (Wildman–Crippen LogP) is 2.92. The molecule has 2 aromatic rings. The Morgan fingerprint density at radius 2 is 1.67 bits per heavy atom. The lowest BCUT2D eigenvalue weighted by Gasteiger charge is -2.34. The fourth-order valence-electron chi connectivity index (χ4n) is 3.09. The Bertz CT molecular complexity index is 621. The summed E-state index contributed by atoms with van der Waals surface area (Å²) in [6, 6.07) is 18.4. The highest BCUT2D eigenvalue weighted by atomic mass is 16.5. The van der Waals surface area contributed by atoms with Gasteiger partial charge >= 0.3 is 0 Å². The zero-order valence-electron chi connectivity index (χ0n) is 14.1. The smallest absolute Gasteiger partial charge is 0.118 e. The summed E-state index contributed by atoms with van der Waals surface area (Å²) in [5.74, 6) is 0.841. The molecule has 0 saturated carbocycles. The Hall–Kier alpha value is -1.88. The normalized spacial score (nSPS) is 18.1. The van der Waals surface area contributed by atoms with Gasteiger partial charge in [-0.25, -0.2) is 0 Å². The maximum Gasteiger partial charge on any atom is 0.118 e. The molecule has 1 atom stereocenters. The molecule has 1 saturated heterocycles. The van der Waals surface area contributed by atoms with Crippen LogP contribution < -0.4 is 10.1 Å². The van der Waals surface area contributed by atoms with E-state index in [2.05, 4.69) is 29.6 Å². The van der Waals surface area contributed by atoms with Crippen LogP contribution in [0.4, 0.5) is 0 Å². The summed E-state index contributed by atoms with van der Waals surface area (Å²) in [5, 5.41) is 14.3. The molecule has 4 heteroatoms. The predicted molar refractivity (Wildman–Crippen MR) is 94.3 cm³/mol. The number of methoxy groups -OCH3 is 1. The van der Waals surface area contributed by atoms with Crippen LogP contribution in [-0.2, 0) is 4.74 Å². The Morgan fingerprint density at radius 1 is 1.04 bits per heavy atom. The van der Waals surface area contributed by atoms with Crippen molar-refractivity contribution in [3.05, 3.63) is 65.7 Å². The molecule has 0 radical (unpaired) electrons. The van der Waals surface area contributed by atoms with Crippen LogP contribution in [0.25, 0.3) is 0 Å². The molecule has 1 aliphatic heterocycles. The van der Waals surface area contributed by atoms with Crippen molar-refractivity contribution in [1.29, 1.82) is 0 Å². The van der Waals surface area contributed by atoms with Gasteiger partial charge in [-0.05, 0) is 23.3 Å². The fraction of sp³-hybridized carbons (Fsp3) is 0.400. The lowest BCUT2D eigenvalue weighted by molar-refractivity contribution is -0.0623. The standard InChI is InChI=1S/C20H25NO3/c1-23-18-9-7-17(8-10-18)19(16-5-3-2-4-6-16)21-15-20(22)11-13-24-14-12-20/h2-10,19,21-22H,11-15H2,1H3. The van der Waals surface area contributed by atoms with E-state index in [9.17, 15) is 5.11 Å². The molecular weight excluding hydrogens is 302 g/mol. The number of hydrogen-bond acceptors (Lipinski definition) is 4. The van der Waals surface area contributed by atoms with Crippen molar-refractivity contribution >= 4 is 0 Å². The fourth-order valence-corrected chi connectivity index (χ4v) is 3.09. The van der Waals surface area contributed by atoms with Crippen LogP contribution in [-0.4, -0.2) is 37.6 Å². The number of nitrogens with one attached hydrogen (secondary N) is 1. The molecule has 0 aromatic heterocycles. The first-order chi connectivity index (χ1) is 11.7. The molecule has 2 aromatic carbocycles. The summed E-state index contributed by atoms with van der Waals surface area (Å²) in [6.07, 6.45) is 1.34. The summed E-state index contributed by atoms with van der Waals surface area (Å²) in [4.78, 5) is 0. The molecule has 24 heavy (non-hydrogen) atoms. The highest BCUT2D eigenvalue weighted by Gasteiger charge is 2.30. The Kier molecular flexibility index (Phi) is 5.51. The van der Waals surface area contributed by atoms with E-state index >= 15 is 0 Å². The van der Waals surface area contributed by atoms with E-state index in [4.69, 9.17) is 9.47 Å². The van der Waals surface area contributed by atoms with Gasteiger partial charge in [-0.3, -0.25) is 0 Å². The van der Waals surface area contributed by atoms with E-state index in [1.165, 1.54) is 5.56 Å². The van der Waals surface area contributed by atoms with E-state index in [0.717, 1.165) is 11.3 Å². The number of rotatable bonds is 6. The van der Waals surface area contributed by atoms with Crippen molar-refractivity contribution in [1.82, 2.24) is 5.32 Å². The van der Waals surface area contributed by atoms with Gasteiger partial charge in [0.15, 0.2) is 0 Å². The average molecular weight is 327 g/mol. The molecular formula is C20H25NO3. The third-order valence-corrected chi connectivity index (χ3v) is 4.64. The first kappa shape index (κ1) is 17.0. The van der Waals surface area contributed by atoms with Crippen molar-refractivity contribution in [2.24, 2.45) is 0 Å². The Labute approximate surface area is 143 Å². The van der Waals surface area contributed by atoms with Gasteiger partial charge in [0.25, 0.3) is 0 Å². The number of benzene rings is 2. The highest BCUT2D eigenvalue weighted by Crippen LogP contribution is 2.26.